The van der Waals surface area contributed by atoms with Crippen molar-refractivity contribution in [3.63, 3.8) is 0 Å². The second-order valence-corrected chi connectivity index (χ2v) is 6.07. The maximum atomic E-state index is 14.4. The third kappa shape index (κ3) is 3.18. The molecule has 0 bridgehead atoms. The van der Waals surface area contributed by atoms with Gasteiger partial charge in [-0.3, -0.25) is 4.90 Å². The Bertz CT molecular complexity index is 720. The molecule has 0 unspecified atom stereocenters. The van der Waals surface area contributed by atoms with Gasteiger partial charge in [0.05, 0.1) is 18.8 Å². The van der Waals surface area contributed by atoms with Gasteiger partial charge >= 0.3 is 6.09 Å². The molecule has 0 spiro atoms. The number of hydrogen-bond donors (Lipinski definition) is 1. The lowest BCUT2D eigenvalue weighted by Gasteiger charge is -2.14. The maximum absolute atomic E-state index is 14.4. The molecule has 1 heterocycles. The van der Waals surface area contributed by atoms with Crippen molar-refractivity contribution in [1.82, 2.24) is 0 Å². The number of rotatable bonds is 4. The molecule has 1 aliphatic heterocycles. The van der Waals surface area contributed by atoms with Gasteiger partial charge in [-0.05, 0) is 42.2 Å². The third-order valence-corrected chi connectivity index (χ3v) is 4.49. The fraction of sp³-hybridized carbons (Fsp3) is 0.235. The highest BCUT2D eigenvalue weighted by molar-refractivity contribution is 7.98. The van der Waals surface area contributed by atoms with Crippen LogP contribution in [-0.2, 0) is 4.74 Å². The van der Waals surface area contributed by atoms with E-state index in [-0.39, 0.29) is 13.2 Å². The summed E-state index contributed by atoms with van der Waals surface area (Å²) in [4.78, 5) is 14.2. The topological polar surface area (TPSA) is 49.8 Å². The number of amides is 1. The van der Waals surface area contributed by atoms with Gasteiger partial charge in [0.2, 0.25) is 0 Å². The number of aliphatic hydroxyl groups excluding tert-OH is 1. The number of thioether (sulfide) groups is 1. The molecule has 3 rings (SSSR count). The fourth-order valence-corrected chi connectivity index (χ4v) is 2.91. The van der Waals surface area contributed by atoms with Gasteiger partial charge < -0.3 is 9.84 Å². The SMILES string of the molecule is CSc1ccc(-c2ccc(N3C[C@H](CO)OC3=O)cc2F)cc1. The molecular weight excluding hydrogens is 317 g/mol. The van der Waals surface area contributed by atoms with Crippen molar-refractivity contribution in [2.75, 3.05) is 24.3 Å². The Morgan fingerprint density at radius 1 is 1.30 bits per heavy atom. The summed E-state index contributed by atoms with van der Waals surface area (Å²) < 4.78 is 19.4. The molecule has 0 saturated carbocycles. The molecule has 2 aromatic carbocycles. The van der Waals surface area contributed by atoms with Gasteiger partial charge in [0, 0.05) is 10.5 Å². The first-order chi connectivity index (χ1) is 11.1. The quantitative estimate of drug-likeness (QED) is 0.870. The molecule has 2 aromatic rings. The van der Waals surface area contributed by atoms with Gasteiger partial charge in [-0.2, -0.15) is 0 Å². The maximum Gasteiger partial charge on any atom is 0.414 e. The van der Waals surface area contributed by atoms with Crippen LogP contribution in [-0.4, -0.2) is 36.7 Å². The molecule has 23 heavy (non-hydrogen) atoms. The lowest BCUT2D eigenvalue weighted by atomic mass is 10.0. The van der Waals surface area contributed by atoms with Crippen LogP contribution in [0.4, 0.5) is 14.9 Å². The van der Waals surface area contributed by atoms with Crippen molar-refractivity contribution in [3.05, 3.63) is 48.3 Å². The standard InChI is InChI=1S/C17H16FNO3S/c1-23-14-5-2-11(3-6-14)15-7-4-12(8-16(15)18)19-9-13(10-20)22-17(19)21/h2-8,13,20H,9-10H2,1H3/t13-/m1/s1. The smallest absolute Gasteiger partial charge is 0.414 e. The first-order valence-corrected chi connectivity index (χ1v) is 8.38. The number of aliphatic hydroxyl groups is 1. The Morgan fingerprint density at radius 2 is 2.04 bits per heavy atom. The summed E-state index contributed by atoms with van der Waals surface area (Å²) in [6.45, 7) is -0.0267. The minimum absolute atomic E-state index is 0.219. The molecule has 6 heteroatoms. The van der Waals surface area contributed by atoms with Gasteiger partial charge in [0.25, 0.3) is 0 Å². The summed E-state index contributed by atoms with van der Waals surface area (Å²) in [5.74, 6) is -0.403. The van der Waals surface area contributed by atoms with E-state index in [4.69, 9.17) is 9.84 Å². The lowest BCUT2D eigenvalue weighted by molar-refractivity contribution is 0.0963. The summed E-state index contributed by atoms with van der Waals surface area (Å²) in [5, 5.41) is 9.06. The largest absolute Gasteiger partial charge is 0.441 e. The van der Waals surface area contributed by atoms with Crippen molar-refractivity contribution in [1.29, 1.82) is 0 Å². The summed E-state index contributed by atoms with van der Waals surface area (Å²) in [5.41, 5.74) is 1.68. The van der Waals surface area contributed by atoms with Crippen LogP contribution in [0.25, 0.3) is 11.1 Å². The zero-order chi connectivity index (χ0) is 16.4. The molecule has 120 valence electrons. The number of nitrogens with zero attached hydrogens (tertiary/aromatic N) is 1. The highest BCUT2D eigenvalue weighted by Gasteiger charge is 2.32. The van der Waals surface area contributed by atoms with Gasteiger partial charge in [0.15, 0.2) is 0 Å². The summed E-state index contributed by atoms with van der Waals surface area (Å²) in [6, 6.07) is 12.3. The molecule has 1 fully saturated rings. The average molecular weight is 333 g/mol. The van der Waals surface area contributed by atoms with Crippen LogP contribution >= 0.6 is 11.8 Å². The molecule has 1 aliphatic rings. The summed E-state index contributed by atoms with van der Waals surface area (Å²) in [7, 11) is 0. The van der Waals surface area contributed by atoms with Gasteiger partial charge in [-0.15, -0.1) is 11.8 Å². The Hall–Kier alpha value is -2.05. The highest BCUT2D eigenvalue weighted by atomic mass is 32.2. The van der Waals surface area contributed by atoms with E-state index in [0.29, 0.717) is 11.3 Å². The number of cyclic esters (lactones) is 1. The molecule has 1 amide bonds. The van der Waals surface area contributed by atoms with Crippen LogP contribution in [0.3, 0.4) is 0 Å². The van der Waals surface area contributed by atoms with Crippen LogP contribution in [0.5, 0.6) is 0 Å². The Kier molecular flexibility index (Phi) is 4.54. The highest BCUT2D eigenvalue weighted by Crippen LogP contribution is 2.30. The van der Waals surface area contributed by atoms with Gasteiger partial charge in [-0.1, -0.05) is 12.1 Å². The number of carbonyl (C=O) groups excluding carboxylic acids is 1. The number of anilines is 1. The first-order valence-electron chi connectivity index (χ1n) is 7.15. The molecule has 1 atom stereocenters. The Balaban J connectivity index is 1.87. The summed E-state index contributed by atoms with van der Waals surface area (Å²) >= 11 is 1.63. The van der Waals surface area contributed by atoms with E-state index in [1.54, 1.807) is 23.9 Å². The van der Waals surface area contributed by atoms with Crippen LogP contribution in [0.1, 0.15) is 0 Å². The molecule has 1 saturated heterocycles. The minimum atomic E-state index is -0.569. The van der Waals surface area contributed by atoms with E-state index in [0.717, 1.165) is 10.5 Å². The van der Waals surface area contributed by atoms with Gasteiger partial charge in [-0.25, -0.2) is 9.18 Å². The number of carbonyl (C=O) groups is 1. The number of halogens is 1. The first kappa shape index (κ1) is 15.8. The zero-order valence-corrected chi connectivity index (χ0v) is 13.3. The second kappa shape index (κ2) is 6.60. The van der Waals surface area contributed by atoms with Crippen molar-refractivity contribution in [2.45, 2.75) is 11.0 Å². The van der Waals surface area contributed by atoms with Crippen molar-refractivity contribution < 1.29 is 19.0 Å². The third-order valence-electron chi connectivity index (χ3n) is 3.74. The average Bonchev–Trinajstić information content (AvgIpc) is 2.96. The molecular formula is C17H16FNO3S. The van der Waals surface area contributed by atoms with Gasteiger partial charge in [0.1, 0.15) is 11.9 Å². The predicted octanol–water partition coefficient (Wildman–Crippen LogP) is 3.53. The van der Waals surface area contributed by atoms with E-state index in [9.17, 15) is 9.18 Å². The van der Waals surface area contributed by atoms with E-state index in [2.05, 4.69) is 0 Å². The molecule has 4 nitrogen and oxygen atoms in total. The van der Waals surface area contributed by atoms with Crippen LogP contribution in [0.2, 0.25) is 0 Å². The van der Waals surface area contributed by atoms with Crippen molar-refractivity contribution in [3.8, 4) is 11.1 Å². The monoisotopic (exact) mass is 333 g/mol. The Morgan fingerprint density at radius 3 is 2.61 bits per heavy atom. The van der Waals surface area contributed by atoms with E-state index in [1.807, 2.05) is 30.5 Å². The number of benzene rings is 2. The van der Waals surface area contributed by atoms with Crippen LogP contribution < -0.4 is 4.90 Å². The van der Waals surface area contributed by atoms with Crippen molar-refractivity contribution >= 4 is 23.5 Å². The predicted molar refractivity (Wildman–Crippen MR) is 88.3 cm³/mol. The molecule has 0 aliphatic carbocycles. The normalized spacial score (nSPS) is 17.4. The van der Waals surface area contributed by atoms with E-state index in [1.165, 1.54) is 11.0 Å². The molecule has 1 N–H and O–H groups in total. The lowest BCUT2D eigenvalue weighted by Crippen LogP contribution is -2.25. The molecule has 0 aromatic heterocycles. The zero-order valence-electron chi connectivity index (χ0n) is 12.5. The Labute approximate surface area is 137 Å². The van der Waals surface area contributed by atoms with Crippen molar-refractivity contribution in [2.24, 2.45) is 0 Å². The minimum Gasteiger partial charge on any atom is -0.441 e. The summed E-state index contributed by atoms with van der Waals surface area (Å²) in [6.07, 6.45) is 0.851. The van der Waals surface area contributed by atoms with E-state index < -0.39 is 18.0 Å². The number of ether oxygens (including phenoxy) is 1. The van der Waals surface area contributed by atoms with Crippen LogP contribution in [0, 0.1) is 5.82 Å². The second-order valence-electron chi connectivity index (χ2n) is 5.19. The van der Waals surface area contributed by atoms with Crippen LogP contribution in [0.15, 0.2) is 47.4 Å². The fourth-order valence-electron chi connectivity index (χ4n) is 2.50. The number of hydrogen-bond acceptors (Lipinski definition) is 4. The molecule has 0 radical (unpaired) electrons. The van der Waals surface area contributed by atoms with E-state index >= 15 is 0 Å².